The van der Waals surface area contributed by atoms with Crippen molar-refractivity contribution in [2.24, 2.45) is 17.3 Å². The number of aliphatic carboxylic acids is 1. The number of carbonyl (C=O) groups is 3. The van der Waals surface area contributed by atoms with Gasteiger partial charge in [0.25, 0.3) is 0 Å². The number of unbranched alkanes of at least 4 members (excludes halogenated alkanes) is 3. The van der Waals surface area contributed by atoms with Crippen molar-refractivity contribution >= 4 is 17.7 Å². The summed E-state index contributed by atoms with van der Waals surface area (Å²) < 4.78 is 12.0. The molecule has 0 amide bonds. The molecule has 1 aliphatic heterocycles. The van der Waals surface area contributed by atoms with E-state index in [1.807, 2.05) is 12.1 Å². The van der Waals surface area contributed by atoms with Gasteiger partial charge in [0.1, 0.15) is 11.5 Å². The van der Waals surface area contributed by atoms with Crippen molar-refractivity contribution in [3.05, 3.63) is 35.4 Å². The number of ketones is 1. The third-order valence-corrected chi connectivity index (χ3v) is 8.43. The van der Waals surface area contributed by atoms with Crippen molar-refractivity contribution in [1.29, 1.82) is 0 Å². The minimum absolute atomic E-state index is 0.00652. The van der Waals surface area contributed by atoms with Gasteiger partial charge in [-0.3, -0.25) is 4.79 Å². The van der Waals surface area contributed by atoms with Gasteiger partial charge in [0.15, 0.2) is 11.9 Å². The van der Waals surface area contributed by atoms with Crippen LogP contribution in [0.15, 0.2) is 24.3 Å². The molecular formula is C28H36O6. The first-order valence-electron chi connectivity index (χ1n) is 12.5. The molecule has 0 unspecified atom stereocenters. The lowest BCUT2D eigenvalue weighted by Crippen LogP contribution is -2.61. The van der Waals surface area contributed by atoms with Crippen molar-refractivity contribution in [2.75, 3.05) is 0 Å². The molecule has 3 fully saturated rings. The van der Waals surface area contributed by atoms with E-state index < -0.39 is 18.0 Å². The monoisotopic (exact) mass is 468 g/mol. The third kappa shape index (κ3) is 4.16. The van der Waals surface area contributed by atoms with E-state index in [0.29, 0.717) is 11.5 Å². The van der Waals surface area contributed by atoms with Crippen LogP contribution in [0.3, 0.4) is 0 Å². The average molecular weight is 469 g/mol. The Morgan fingerprint density at radius 1 is 1.21 bits per heavy atom. The lowest BCUT2D eigenvalue weighted by Gasteiger charge is -2.59. The van der Waals surface area contributed by atoms with Gasteiger partial charge in [-0.1, -0.05) is 60.3 Å². The second-order valence-corrected chi connectivity index (χ2v) is 11.4. The largest absolute Gasteiger partial charge is 0.482 e. The van der Waals surface area contributed by atoms with Crippen LogP contribution in [-0.4, -0.2) is 28.9 Å². The van der Waals surface area contributed by atoms with Gasteiger partial charge in [-0.25, -0.2) is 9.59 Å². The summed E-state index contributed by atoms with van der Waals surface area (Å²) in [6.45, 7) is 10.8. The molecule has 3 aliphatic carbocycles. The molecule has 0 saturated heterocycles. The zero-order valence-electron chi connectivity index (χ0n) is 20.8. The Labute approximate surface area is 201 Å². The quantitative estimate of drug-likeness (QED) is 0.221. The van der Waals surface area contributed by atoms with Gasteiger partial charge in [-0.05, 0) is 47.3 Å². The second-order valence-electron chi connectivity index (χ2n) is 11.4. The Hall–Kier alpha value is -2.63. The van der Waals surface area contributed by atoms with Crippen molar-refractivity contribution in [3.8, 4) is 11.5 Å². The molecule has 1 N–H and O–H groups in total. The Morgan fingerprint density at radius 3 is 2.59 bits per heavy atom. The number of benzene rings is 1. The Balaban J connectivity index is 1.72. The van der Waals surface area contributed by atoms with Crippen molar-refractivity contribution in [1.82, 2.24) is 0 Å². The van der Waals surface area contributed by atoms with E-state index >= 15 is 0 Å². The molecule has 6 heteroatoms. The fourth-order valence-electron chi connectivity index (χ4n) is 6.18. The minimum Gasteiger partial charge on any atom is -0.482 e. The second kappa shape index (κ2) is 8.86. The van der Waals surface area contributed by atoms with Crippen LogP contribution in [0.25, 0.3) is 0 Å². The Morgan fingerprint density at radius 2 is 1.94 bits per heavy atom. The maximum Gasteiger partial charge on any atom is 0.336 e. The summed E-state index contributed by atoms with van der Waals surface area (Å²) in [5, 5.41) is 8.88. The number of fused-ring (bicyclic) bond motifs is 1. The number of Topliss-reactive ketones (excluding diaryl/α,β-unsaturated/α-hetero) is 1. The normalized spacial score (nSPS) is 26.4. The lowest BCUT2D eigenvalue weighted by atomic mass is 9.44. The van der Waals surface area contributed by atoms with Gasteiger partial charge in [0, 0.05) is 29.6 Å². The summed E-state index contributed by atoms with van der Waals surface area (Å²) in [7, 11) is 0. The Bertz CT molecular complexity index is 1030. The first kappa shape index (κ1) is 24.5. The molecule has 5 rings (SSSR count). The summed E-state index contributed by atoms with van der Waals surface area (Å²) in [5.74, 6) is -0.709. The van der Waals surface area contributed by atoms with E-state index in [2.05, 4.69) is 34.6 Å². The highest BCUT2D eigenvalue weighted by molar-refractivity contribution is 5.93. The SMILES string of the molecule is CCCCCCC(C)(C)c1cc(OC(=O)/C=C/C(=O)O)c2c(c1)O[C@H]1C(=O)[C@@H]3C[C@H]([C@@H]21)C3(C)C. The van der Waals surface area contributed by atoms with Gasteiger partial charge in [-0.15, -0.1) is 0 Å². The van der Waals surface area contributed by atoms with Gasteiger partial charge >= 0.3 is 11.9 Å². The number of ether oxygens (including phenoxy) is 2. The van der Waals surface area contributed by atoms with Crippen LogP contribution in [0.1, 0.15) is 90.2 Å². The predicted molar refractivity (Wildman–Crippen MR) is 128 cm³/mol. The molecule has 1 aromatic carbocycles. The Kier molecular flexibility index (Phi) is 6.38. The highest BCUT2D eigenvalue weighted by Crippen LogP contribution is 2.67. The molecule has 1 aromatic rings. The van der Waals surface area contributed by atoms with Gasteiger partial charge < -0.3 is 14.6 Å². The fraction of sp³-hybridized carbons (Fsp3) is 0.607. The molecule has 1 heterocycles. The number of carboxylic acids is 1. The third-order valence-electron chi connectivity index (χ3n) is 8.43. The summed E-state index contributed by atoms with van der Waals surface area (Å²) in [6.07, 6.45) is 7.58. The fourth-order valence-corrected chi connectivity index (χ4v) is 6.18. The molecule has 3 saturated carbocycles. The summed E-state index contributed by atoms with van der Waals surface area (Å²) in [5.41, 5.74) is 1.47. The maximum absolute atomic E-state index is 13.2. The molecule has 184 valence electrons. The molecule has 2 bridgehead atoms. The van der Waals surface area contributed by atoms with E-state index in [0.717, 1.165) is 42.5 Å². The molecule has 34 heavy (non-hydrogen) atoms. The zero-order valence-corrected chi connectivity index (χ0v) is 20.8. The van der Waals surface area contributed by atoms with Crippen molar-refractivity contribution < 1.29 is 29.0 Å². The van der Waals surface area contributed by atoms with Crippen molar-refractivity contribution in [3.63, 3.8) is 0 Å². The summed E-state index contributed by atoms with van der Waals surface area (Å²) in [4.78, 5) is 36.6. The van der Waals surface area contributed by atoms with Crippen LogP contribution in [0.4, 0.5) is 0 Å². The first-order chi connectivity index (χ1) is 16.0. The van der Waals surface area contributed by atoms with Crippen molar-refractivity contribution in [2.45, 2.75) is 90.6 Å². The van der Waals surface area contributed by atoms with E-state index in [1.54, 1.807) is 0 Å². The predicted octanol–water partition coefficient (Wildman–Crippen LogP) is 5.57. The van der Waals surface area contributed by atoms with Crippen LogP contribution < -0.4 is 9.47 Å². The molecular weight excluding hydrogens is 432 g/mol. The van der Waals surface area contributed by atoms with Gasteiger partial charge in [0.05, 0.1) is 0 Å². The minimum atomic E-state index is -1.22. The number of hydrogen-bond acceptors (Lipinski definition) is 5. The van der Waals surface area contributed by atoms with Crippen LogP contribution in [0.2, 0.25) is 0 Å². The number of hydrogen-bond donors (Lipinski definition) is 1. The van der Waals surface area contributed by atoms with E-state index in [9.17, 15) is 14.4 Å². The number of rotatable bonds is 9. The highest BCUT2D eigenvalue weighted by Gasteiger charge is 2.66. The smallest absolute Gasteiger partial charge is 0.336 e. The molecule has 0 aromatic heterocycles. The highest BCUT2D eigenvalue weighted by atomic mass is 16.5. The standard InChI is InChI=1S/C28H36O6/c1-6-7-8-9-12-27(2,3)16-13-19(33-22(31)11-10-21(29)30)24-20(14-16)34-26-23(24)17-15-18(25(26)32)28(17,4)5/h10-11,13-14,17-18,23,26H,6-9,12,15H2,1-5H3,(H,29,30)/b11-10+/t17-,18+,23+,26-/m1/s1. The zero-order chi connectivity index (χ0) is 24.8. The van der Waals surface area contributed by atoms with E-state index in [4.69, 9.17) is 14.6 Å². The number of carbonyl (C=O) groups excluding carboxylic acids is 2. The number of esters is 1. The summed E-state index contributed by atoms with van der Waals surface area (Å²) in [6, 6.07) is 3.93. The van der Waals surface area contributed by atoms with E-state index in [-0.39, 0.29) is 34.4 Å². The number of carboxylic acid groups (broad SMARTS) is 1. The molecule has 4 atom stereocenters. The van der Waals surface area contributed by atoms with Gasteiger partial charge in [-0.2, -0.15) is 0 Å². The van der Waals surface area contributed by atoms with Crippen LogP contribution in [0, 0.1) is 17.3 Å². The lowest BCUT2D eigenvalue weighted by molar-refractivity contribution is -0.164. The first-order valence-corrected chi connectivity index (χ1v) is 12.5. The van der Waals surface area contributed by atoms with Gasteiger partial charge in [0.2, 0.25) is 0 Å². The molecule has 4 aliphatic rings. The average Bonchev–Trinajstić information content (AvgIpc) is 3.15. The van der Waals surface area contributed by atoms with Crippen LogP contribution in [0.5, 0.6) is 11.5 Å². The topological polar surface area (TPSA) is 89.9 Å². The molecule has 0 spiro atoms. The molecule has 6 nitrogen and oxygen atoms in total. The van der Waals surface area contributed by atoms with E-state index in [1.165, 1.54) is 19.3 Å². The molecule has 0 radical (unpaired) electrons. The van der Waals surface area contributed by atoms with Crippen LogP contribution >= 0.6 is 0 Å². The van der Waals surface area contributed by atoms with Crippen LogP contribution in [-0.2, 0) is 19.8 Å². The summed E-state index contributed by atoms with van der Waals surface area (Å²) >= 11 is 0. The maximum atomic E-state index is 13.2.